The SMILES string of the molecule is Cc1ccc(NS(=O)(=O)c2ccc(Br)cc2N)cc1. The molecule has 0 saturated carbocycles. The summed E-state index contributed by atoms with van der Waals surface area (Å²) in [5.41, 5.74) is 7.51. The lowest BCUT2D eigenvalue weighted by Crippen LogP contribution is -2.14. The molecule has 0 aliphatic carbocycles. The van der Waals surface area contributed by atoms with Gasteiger partial charge in [0, 0.05) is 10.2 Å². The summed E-state index contributed by atoms with van der Waals surface area (Å²) in [7, 11) is -3.67. The molecule has 0 aromatic heterocycles. The van der Waals surface area contributed by atoms with E-state index < -0.39 is 10.0 Å². The zero-order chi connectivity index (χ0) is 14.0. The van der Waals surface area contributed by atoms with Gasteiger partial charge in [0.15, 0.2) is 0 Å². The van der Waals surface area contributed by atoms with Crippen molar-refractivity contribution in [2.75, 3.05) is 10.5 Å². The van der Waals surface area contributed by atoms with Crippen LogP contribution >= 0.6 is 15.9 Å². The van der Waals surface area contributed by atoms with Gasteiger partial charge in [-0.05, 0) is 37.3 Å². The van der Waals surface area contributed by atoms with E-state index in [9.17, 15) is 8.42 Å². The zero-order valence-corrected chi connectivity index (χ0v) is 12.6. The Morgan fingerprint density at radius 3 is 2.32 bits per heavy atom. The molecule has 0 atom stereocenters. The summed E-state index contributed by atoms with van der Waals surface area (Å²) in [6, 6.07) is 11.8. The molecule has 2 aromatic rings. The number of aryl methyl sites for hydroxylation is 1. The lowest BCUT2D eigenvalue weighted by Gasteiger charge is -2.10. The third kappa shape index (κ3) is 3.27. The number of sulfonamides is 1. The number of nitrogen functional groups attached to an aromatic ring is 1. The van der Waals surface area contributed by atoms with Crippen molar-refractivity contribution in [3.8, 4) is 0 Å². The van der Waals surface area contributed by atoms with Gasteiger partial charge in [0.25, 0.3) is 10.0 Å². The number of benzene rings is 2. The van der Waals surface area contributed by atoms with Crippen LogP contribution in [-0.2, 0) is 10.0 Å². The average molecular weight is 341 g/mol. The normalized spacial score (nSPS) is 11.3. The molecule has 0 aliphatic heterocycles. The van der Waals surface area contributed by atoms with Crippen LogP contribution in [0.2, 0.25) is 0 Å². The molecule has 0 fully saturated rings. The minimum atomic E-state index is -3.67. The molecular formula is C13H13BrN2O2S. The second kappa shape index (κ2) is 5.22. The molecule has 0 radical (unpaired) electrons. The van der Waals surface area contributed by atoms with Gasteiger partial charge in [0.1, 0.15) is 4.90 Å². The predicted molar refractivity (Wildman–Crippen MR) is 80.5 cm³/mol. The Kier molecular flexibility index (Phi) is 3.82. The first-order valence-corrected chi connectivity index (χ1v) is 7.80. The number of hydrogen-bond acceptors (Lipinski definition) is 3. The Morgan fingerprint density at radius 2 is 1.74 bits per heavy atom. The number of anilines is 2. The Bertz CT molecular complexity index is 697. The highest BCUT2D eigenvalue weighted by atomic mass is 79.9. The van der Waals surface area contributed by atoms with Gasteiger partial charge in [-0.1, -0.05) is 33.6 Å². The van der Waals surface area contributed by atoms with Crippen molar-refractivity contribution in [3.63, 3.8) is 0 Å². The van der Waals surface area contributed by atoms with E-state index in [1.54, 1.807) is 24.3 Å². The third-order valence-corrected chi connectivity index (χ3v) is 4.51. The first-order valence-electron chi connectivity index (χ1n) is 5.53. The summed E-state index contributed by atoms with van der Waals surface area (Å²) >= 11 is 3.24. The fourth-order valence-electron chi connectivity index (χ4n) is 1.60. The van der Waals surface area contributed by atoms with E-state index in [1.165, 1.54) is 6.07 Å². The lowest BCUT2D eigenvalue weighted by molar-refractivity contribution is 0.601. The van der Waals surface area contributed by atoms with Gasteiger partial charge in [0.05, 0.1) is 5.69 Å². The summed E-state index contributed by atoms with van der Waals surface area (Å²) in [4.78, 5) is 0.0660. The maximum atomic E-state index is 12.2. The van der Waals surface area contributed by atoms with Gasteiger partial charge in [-0.15, -0.1) is 0 Å². The van der Waals surface area contributed by atoms with E-state index in [0.29, 0.717) is 5.69 Å². The largest absolute Gasteiger partial charge is 0.398 e. The standard InChI is InChI=1S/C13H13BrN2O2S/c1-9-2-5-11(6-3-9)16-19(17,18)13-7-4-10(14)8-12(13)15/h2-8,16H,15H2,1H3. The molecule has 2 aromatic carbocycles. The summed E-state index contributed by atoms with van der Waals surface area (Å²) < 4.78 is 27.7. The predicted octanol–water partition coefficient (Wildman–Crippen LogP) is 3.14. The first kappa shape index (κ1) is 13.9. The van der Waals surface area contributed by atoms with Gasteiger partial charge in [0.2, 0.25) is 0 Å². The average Bonchev–Trinajstić information content (AvgIpc) is 2.31. The Labute approximate surface area is 120 Å². The number of rotatable bonds is 3. The number of nitrogens with two attached hydrogens (primary N) is 1. The smallest absolute Gasteiger partial charge is 0.263 e. The van der Waals surface area contributed by atoms with Crippen molar-refractivity contribution in [2.24, 2.45) is 0 Å². The number of hydrogen-bond donors (Lipinski definition) is 2. The zero-order valence-electron chi connectivity index (χ0n) is 10.2. The molecular weight excluding hydrogens is 328 g/mol. The molecule has 0 spiro atoms. The molecule has 0 aliphatic rings. The molecule has 19 heavy (non-hydrogen) atoms. The van der Waals surface area contributed by atoms with E-state index in [-0.39, 0.29) is 10.6 Å². The third-order valence-electron chi connectivity index (χ3n) is 2.57. The summed E-state index contributed by atoms with van der Waals surface area (Å²) in [5.74, 6) is 0. The van der Waals surface area contributed by atoms with E-state index >= 15 is 0 Å². The molecule has 0 bridgehead atoms. The Hall–Kier alpha value is -1.53. The molecule has 4 nitrogen and oxygen atoms in total. The quantitative estimate of drug-likeness (QED) is 0.843. The van der Waals surface area contributed by atoms with Crippen LogP contribution < -0.4 is 10.5 Å². The van der Waals surface area contributed by atoms with Crippen molar-refractivity contribution in [2.45, 2.75) is 11.8 Å². The first-order chi connectivity index (χ1) is 8.88. The maximum Gasteiger partial charge on any atom is 0.263 e. The lowest BCUT2D eigenvalue weighted by atomic mass is 10.2. The molecule has 0 heterocycles. The number of halogens is 1. The van der Waals surface area contributed by atoms with E-state index in [4.69, 9.17) is 5.73 Å². The maximum absolute atomic E-state index is 12.2. The molecule has 0 saturated heterocycles. The van der Waals surface area contributed by atoms with Crippen molar-refractivity contribution < 1.29 is 8.42 Å². The minimum Gasteiger partial charge on any atom is -0.398 e. The molecule has 100 valence electrons. The van der Waals surface area contributed by atoms with Crippen LogP contribution in [0.25, 0.3) is 0 Å². The van der Waals surface area contributed by atoms with Crippen LogP contribution in [0.1, 0.15) is 5.56 Å². The summed E-state index contributed by atoms with van der Waals surface area (Å²) in [6.45, 7) is 1.94. The van der Waals surface area contributed by atoms with Crippen LogP contribution in [0.15, 0.2) is 51.8 Å². The fraction of sp³-hybridized carbons (Fsp3) is 0.0769. The van der Waals surface area contributed by atoms with Crippen LogP contribution in [-0.4, -0.2) is 8.42 Å². The van der Waals surface area contributed by atoms with E-state index in [2.05, 4.69) is 20.7 Å². The van der Waals surface area contributed by atoms with Crippen LogP contribution in [0.4, 0.5) is 11.4 Å². The molecule has 2 rings (SSSR count). The van der Waals surface area contributed by atoms with Gasteiger partial charge in [-0.25, -0.2) is 8.42 Å². The van der Waals surface area contributed by atoms with Crippen molar-refractivity contribution >= 4 is 37.3 Å². The molecule has 6 heteroatoms. The van der Waals surface area contributed by atoms with Gasteiger partial charge < -0.3 is 5.73 Å². The molecule has 0 unspecified atom stereocenters. The van der Waals surface area contributed by atoms with Gasteiger partial charge >= 0.3 is 0 Å². The monoisotopic (exact) mass is 340 g/mol. The number of nitrogens with one attached hydrogen (secondary N) is 1. The Balaban J connectivity index is 2.35. The topological polar surface area (TPSA) is 72.2 Å². The van der Waals surface area contributed by atoms with Crippen molar-refractivity contribution in [3.05, 3.63) is 52.5 Å². The van der Waals surface area contributed by atoms with Crippen molar-refractivity contribution in [1.29, 1.82) is 0 Å². The molecule has 0 amide bonds. The van der Waals surface area contributed by atoms with Crippen molar-refractivity contribution in [1.82, 2.24) is 0 Å². The van der Waals surface area contributed by atoms with Crippen LogP contribution in [0.5, 0.6) is 0 Å². The highest BCUT2D eigenvalue weighted by Crippen LogP contribution is 2.24. The molecule has 3 N–H and O–H groups in total. The van der Waals surface area contributed by atoms with Gasteiger partial charge in [-0.2, -0.15) is 0 Å². The second-order valence-corrected chi connectivity index (χ2v) is 6.72. The van der Waals surface area contributed by atoms with Crippen LogP contribution in [0, 0.1) is 6.92 Å². The Morgan fingerprint density at radius 1 is 1.11 bits per heavy atom. The van der Waals surface area contributed by atoms with Gasteiger partial charge in [-0.3, -0.25) is 4.72 Å². The van der Waals surface area contributed by atoms with Crippen LogP contribution in [0.3, 0.4) is 0 Å². The minimum absolute atomic E-state index is 0.0660. The highest BCUT2D eigenvalue weighted by molar-refractivity contribution is 9.10. The fourth-order valence-corrected chi connectivity index (χ4v) is 3.15. The van der Waals surface area contributed by atoms with E-state index in [0.717, 1.165) is 10.0 Å². The highest BCUT2D eigenvalue weighted by Gasteiger charge is 2.17. The second-order valence-electron chi connectivity index (χ2n) is 4.15. The summed E-state index contributed by atoms with van der Waals surface area (Å²) in [6.07, 6.45) is 0. The van der Waals surface area contributed by atoms with E-state index in [1.807, 2.05) is 19.1 Å². The summed E-state index contributed by atoms with van der Waals surface area (Å²) in [5, 5.41) is 0.